The first-order valence-electron chi connectivity index (χ1n) is 15.0. The van der Waals surface area contributed by atoms with E-state index in [9.17, 15) is 24.3 Å². The fourth-order valence-corrected chi connectivity index (χ4v) is 4.45. The first kappa shape index (κ1) is 34.6. The molecule has 45 heavy (non-hydrogen) atoms. The molecule has 0 bridgehead atoms. The summed E-state index contributed by atoms with van der Waals surface area (Å²) in [5.41, 5.74) is 1.58. The van der Waals surface area contributed by atoms with E-state index < -0.39 is 17.9 Å². The Morgan fingerprint density at radius 1 is 0.933 bits per heavy atom. The Bertz CT molecular complexity index is 1430. The Morgan fingerprint density at radius 3 is 2.42 bits per heavy atom. The summed E-state index contributed by atoms with van der Waals surface area (Å²) in [4.78, 5) is 52.9. The van der Waals surface area contributed by atoms with Gasteiger partial charge in [0.05, 0.1) is 20.1 Å². The molecular formula is C34H42N4O7. The molecule has 2 aromatic carbocycles. The summed E-state index contributed by atoms with van der Waals surface area (Å²) < 4.78 is 11.0. The molecule has 2 amide bonds. The van der Waals surface area contributed by atoms with Gasteiger partial charge in [0, 0.05) is 54.9 Å². The quantitative estimate of drug-likeness (QED) is 0.134. The van der Waals surface area contributed by atoms with Gasteiger partial charge < -0.3 is 30.5 Å². The van der Waals surface area contributed by atoms with E-state index in [0.29, 0.717) is 49.4 Å². The van der Waals surface area contributed by atoms with E-state index in [0.717, 1.165) is 23.6 Å². The maximum absolute atomic E-state index is 13.0. The second kappa shape index (κ2) is 18.0. The third kappa shape index (κ3) is 12.7. The summed E-state index contributed by atoms with van der Waals surface area (Å²) in [6.07, 6.45) is 3.46. The van der Waals surface area contributed by atoms with Crippen molar-refractivity contribution in [3.63, 3.8) is 0 Å². The van der Waals surface area contributed by atoms with Gasteiger partial charge in [0.1, 0.15) is 23.1 Å². The van der Waals surface area contributed by atoms with E-state index >= 15 is 0 Å². The van der Waals surface area contributed by atoms with Crippen molar-refractivity contribution in [3.05, 3.63) is 78.0 Å². The number of hydrogen-bond donors (Lipinski definition) is 4. The predicted molar refractivity (Wildman–Crippen MR) is 172 cm³/mol. The summed E-state index contributed by atoms with van der Waals surface area (Å²) >= 11 is 0. The number of aromatic nitrogens is 1. The molecule has 0 spiro atoms. The number of rotatable bonds is 19. The van der Waals surface area contributed by atoms with E-state index in [-0.39, 0.29) is 30.4 Å². The first-order chi connectivity index (χ1) is 21.6. The molecule has 0 unspecified atom stereocenters. The minimum atomic E-state index is -1.03. The number of carboxylic acids is 1. The third-order valence-corrected chi connectivity index (χ3v) is 6.90. The number of ketones is 1. The molecule has 4 N–H and O–H groups in total. The zero-order valence-electron chi connectivity index (χ0n) is 26.0. The van der Waals surface area contributed by atoms with Crippen molar-refractivity contribution in [2.45, 2.75) is 58.4 Å². The van der Waals surface area contributed by atoms with Gasteiger partial charge in [-0.3, -0.25) is 19.2 Å². The van der Waals surface area contributed by atoms with Gasteiger partial charge in [0.2, 0.25) is 5.91 Å². The largest absolute Gasteiger partial charge is 0.497 e. The highest BCUT2D eigenvalue weighted by molar-refractivity contribution is 5.97. The summed E-state index contributed by atoms with van der Waals surface area (Å²) in [5, 5.41) is 18.2. The van der Waals surface area contributed by atoms with Crippen LogP contribution in [0.4, 0.5) is 11.5 Å². The number of amides is 2. The Balaban J connectivity index is 1.47. The summed E-state index contributed by atoms with van der Waals surface area (Å²) in [6.45, 7) is 4.82. The standard InChI is InChI=1S/C34H42N4O7/c1-23(2)30(39)9-5-10-32(40)37-26-8-4-7-25(20-26)34(43)38-27(21-33(41)42)19-24-11-13-28(14-12-24)45-18-6-16-35-31-22-29(44-3)15-17-36-31/h4,7-8,11-15,17,20,22-23,27H,5-6,9-10,16,18-19,21H2,1-3H3,(H,35,36)(H,37,40)(H,38,43)(H,41,42)/t27-/m0/s1. The molecule has 0 aliphatic rings. The van der Waals surface area contributed by atoms with Gasteiger partial charge in [0.25, 0.3) is 5.91 Å². The minimum absolute atomic E-state index is 0.0604. The minimum Gasteiger partial charge on any atom is -0.497 e. The highest BCUT2D eigenvalue weighted by Gasteiger charge is 2.18. The number of carbonyl (C=O) groups is 4. The predicted octanol–water partition coefficient (Wildman–Crippen LogP) is 5.12. The molecule has 1 atom stereocenters. The van der Waals surface area contributed by atoms with Gasteiger partial charge in [-0.05, 0) is 61.2 Å². The molecule has 1 aromatic heterocycles. The van der Waals surface area contributed by atoms with Crippen LogP contribution in [0, 0.1) is 5.92 Å². The van der Waals surface area contributed by atoms with E-state index in [1.807, 2.05) is 44.2 Å². The van der Waals surface area contributed by atoms with Crippen LogP contribution >= 0.6 is 0 Å². The van der Waals surface area contributed by atoms with Crippen molar-refractivity contribution in [2.75, 3.05) is 30.9 Å². The van der Waals surface area contributed by atoms with E-state index in [2.05, 4.69) is 20.9 Å². The van der Waals surface area contributed by atoms with Crippen LogP contribution in [0.25, 0.3) is 0 Å². The Labute approximate surface area is 263 Å². The van der Waals surface area contributed by atoms with Gasteiger partial charge in [-0.15, -0.1) is 0 Å². The topological polar surface area (TPSA) is 156 Å². The molecule has 240 valence electrons. The number of aliphatic carboxylic acids is 1. The second-order valence-corrected chi connectivity index (χ2v) is 10.9. The van der Waals surface area contributed by atoms with Crippen LogP contribution in [0.3, 0.4) is 0 Å². The average molecular weight is 619 g/mol. The number of benzene rings is 2. The number of nitrogens with zero attached hydrogens (tertiary/aromatic N) is 1. The molecule has 11 heteroatoms. The molecule has 3 aromatic rings. The molecule has 1 heterocycles. The van der Waals surface area contributed by atoms with Crippen molar-refractivity contribution in [1.29, 1.82) is 0 Å². The van der Waals surface area contributed by atoms with Crippen LogP contribution < -0.4 is 25.4 Å². The van der Waals surface area contributed by atoms with Crippen LogP contribution in [0.5, 0.6) is 11.5 Å². The average Bonchev–Trinajstić information content (AvgIpc) is 3.01. The van der Waals surface area contributed by atoms with Crippen molar-refractivity contribution >= 4 is 35.1 Å². The number of nitrogens with one attached hydrogen (secondary N) is 3. The second-order valence-electron chi connectivity index (χ2n) is 10.9. The van der Waals surface area contributed by atoms with Crippen LogP contribution in [-0.4, -0.2) is 60.0 Å². The maximum Gasteiger partial charge on any atom is 0.305 e. The van der Waals surface area contributed by atoms with Gasteiger partial charge in [-0.1, -0.05) is 32.0 Å². The number of ether oxygens (including phenoxy) is 2. The van der Waals surface area contributed by atoms with Crippen LogP contribution in [0.1, 0.15) is 61.9 Å². The van der Waals surface area contributed by atoms with E-state index in [1.165, 1.54) is 0 Å². The zero-order chi connectivity index (χ0) is 32.6. The molecule has 0 fully saturated rings. The lowest BCUT2D eigenvalue weighted by Gasteiger charge is -2.18. The molecule has 0 radical (unpaired) electrons. The number of carbonyl (C=O) groups excluding carboxylic acids is 3. The Kier molecular flexibility index (Phi) is 13.8. The first-order valence-corrected chi connectivity index (χ1v) is 15.0. The Morgan fingerprint density at radius 2 is 1.71 bits per heavy atom. The monoisotopic (exact) mass is 618 g/mol. The molecule has 0 aliphatic heterocycles. The normalized spacial score (nSPS) is 11.4. The van der Waals surface area contributed by atoms with Gasteiger partial charge in [-0.2, -0.15) is 0 Å². The lowest BCUT2D eigenvalue weighted by atomic mass is 10.0. The number of pyridine rings is 1. The molecule has 0 saturated carbocycles. The highest BCUT2D eigenvalue weighted by atomic mass is 16.5. The molecular weight excluding hydrogens is 576 g/mol. The SMILES string of the molecule is COc1ccnc(NCCCOc2ccc(C[C@@H](CC(=O)O)NC(=O)c3cccc(NC(=O)CCCC(=O)C(C)C)c3)cc2)c1. The van der Waals surface area contributed by atoms with E-state index in [1.54, 1.807) is 43.6 Å². The van der Waals surface area contributed by atoms with Crippen molar-refractivity contribution < 1.29 is 33.8 Å². The van der Waals surface area contributed by atoms with Gasteiger partial charge >= 0.3 is 5.97 Å². The lowest BCUT2D eigenvalue weighted by Crippen LogP contribution is -2.38. The van der Waals surface area contributed by atoms with Crippen molar-refractivity contribution in [1.82, 2.24) is 10.3 Å². The molecule has 0 saturated heterocycles. The third-order valence-electron chi connectivity index (χ3n) is 6.90. The highest BCUT2D eigenvalue weighted by Crippen LogP contribution is 2.17. The number of anilines is 2. The smallest absolute Gasteiger partial charge is 0.305 e. The molecule has 11 nitrogen and oxygen atoms in total. The molecule has 0 aliphatic carbocycles. The van der Waals surface area contributed by atoms with Gasteiger partial charge in [0.15, 0.2) is 0 Å². The summed E-state index contributed by atoms with van der Waals surface area (Å²) in [5.74, 6) is 0.467. The number of hydrogen-bond acceptors (Lipinski definition) is 8. The number of methoxy groups -OCH3 is 1. The fraction of sp³-hybridized carbons (Fsp3) is 0.382. The van der Waals surface area contributed by atoms with Crippen molar-refractivity contribution in [3.8, 4) is 11.5 Å². The van der Waals surface area contributed by atoms with Crippen LogP contribution in [-0.2, 0) is 20.8 Å². The summed E-state index contributed by atoms with van der Waals surface area (Å²) in [6, 6.07) is 16.7. The maximum atomic E-state index is 13.0. The van der Waals surface area contributed by atoms with Crippen molar-refractivity contribution in [2.24, 2.45) is 5.92 Å². The molecule has 3 rings (SSSR count). The zero-order valence-corrected chi connectivity index (χ0v) is 26.0. The lowest BCUT2D eigenvalue weighted by molar-refractivity contribution is -0.137. The summed E-state index contributed by atoms with van der Waals surface area (Å²) in [7, 11) is 1.61. The van der Waals surface area contributed by atoms with E-state index in [4.69, 9.17) is 9.47 Å². The number of Topliss-reactive ketones (excluding diaryl/α,β-unsaturated/α-hetero) is 1. The van der Waals surface area contributed by atoms with Gasteiger partial charge in [-0.25, -0.2) is 4.98 Å². The Hall–Kier alpha value is -4.93. The van der Waals surface area contributed by atoms with Crippen LogP contribution in [0.2, 0.25) is 0 Å². The van der Waals surface area contributed by atoms with Crippen LogP contribution in [0.15, 0.2) is 66.9 Å². The number of carboxylic acid groups (broad SMARTS) is 1. The fourth-order valence-electron chi connectivity index (χ4n) is 4.45.